The molecule has 0 aromatic rings. The summed E-state index contributed by atoms with van der Waals surface area (Å²) in [6.07, 6.45) is 7.00. The molecule has 0 spiro atoms. The second-order valence-corrected chi connectivity index (χ2v) is 4.20. The van der Waals surface area contributed by atoms with E-state index in [4.69, 9.17) is 9.47 Å². The second-order valence-electron chi connectivity index (χ2n) is 4.20. The molecule has 1 aliphatic heterocycles. The molecule has 13 heavy (non-hydrogen) atoms. The fourth-order valence-electron chi connectivity index (χ4n) is 1.80. The van der Waals surface area contributed by atoms with E-state index < -0.39 is 0 Å². The van der Waals surface area contributed by atoms with Crippen molar-refractivity contribution in [2.24, 2.45) is 5.41 Å². The predicted molar refractivity (Wildman–Crippen MR) is 51.4 cm³/mol. The Kier molecular flexibility index (Phi) is 2.58. The molecule has 0 N–H and O–H groups in total. The molecule has 0 saturated carbocycles. The SMILES string of the molecule is CCC1(COC2=CCCC2)COC1. The third-order valence-corrected chi connectivity index (χ3v) is 3.13. The molecule has 2 nitrogen and oxygen atoms in total. The Balaban J connectivity index is 1.77. The summed E-state index contributed by atoms with van der Waals surface area (Å²) in [4.78, 5) is 0. The van der Waals surface area contributed by atoms with E-state index in [1.165, 1.54) is 25.0 Å². The second kappa shape index (κ2) is 3.70. The zero-order chi connectivity index (χ0) is 9.15. The lowest BCUT2D eigenvalue weighted by Crippen LogP contribution is -2.45. The van der Waals surface area contributed by atoms with Gasteiger partial charge in [-0.15, -0.1) is 0 Å². The monoisotopic (exact) mass is 182 g/mol. The Labute approximate surface area is 79.9 Å². The fourth-order valence-corrected chi connectivity index (χ4v) is 1.80. The maximum absolute atomic E-state index is 5.78. The summed E-state index contributed by atoms with van der Waals surface area (Å²) < 4.78 is 11.0. The van der Waals surface area contributed by atoms with Gasteiger partial charge in [0.05, 0.1) is 31.0 Å². The Bertz CT molecular complexity index is 199. The van der Waals surface area contributed by atoms with Crippen molar-refractivity contribution in [1.29, 1.82) is 0 Å². The largest absolute Gasteiger partial charge is 0.498 e. The van der Waals surface area contributed by atoms with Crippen LogP contribution in [0.25, 0.3) is 0 Å². The molecule has 1 saturated heterocycles. The van der Waals surface area contributed by atoms with Gasteiger partial charge in [-0.25, -0.2) is 0 Å². The smallest absolute Gasteiger partial charge is 0.0977 e. The highest BCUT2D eigenvalue weighted by Gasteiger charge is 2.37. The van der Waals surface area contributed by atoms with Gasteiger partial charge >= 0.3 is 0 Å². The zero-order valence-electron chi connectivity index (χ0n) is 8.34. The molecule has 0 radical (unpaired) electrons. The summed E-state index contributed by atoms with van der Waals surface area (Å²) in [5, 5.41) is 0. The molecule has 1 heterocycles. The van der Waals surface area contributed by atoms with Crippen molar-refractivity contribution in [3.8, 4) is 0 Å². The van der Waals surface area contributed by atoms with Gasteiger partial charge in [0.25, 0.3) is 0 Å². The van der Waals surface area contributed by atoms with Crippen LogP contribution >= 0.6 is 0 Å². The minimum atomic E-state index is 0.337. The summed E-state index contributed by atoms with van der Waals surface area (Å²) in [6, 6.07) is 0. The third-order valence-electron chi connectivity index (χ3n) is 3.13. The average Bonchev–Trinajstić information content (AvgIpc) is 2.56. The summed E-state index contributed by atoms with van der Waals surface area (Å²) in [5.74, 6) is 1.21. The molecule has 74 valence electrons. The average molecular weight is 182 g/mol. The highest BCUT2D eigenvalue weighted by atomic mass is 16.5. The van der Waals surface area contributed by atoms with Crippen molar-refractivity contribution in [2.75, 3.05) is 19.8 Å². The first-order valence-electron chi connectivity index (χ1n) is 5.24. The summed E-state index contributed by atoms with van der Waals surface area (Å²) in [5.41, 5.74) is 0.337. The van der Waals surface area contributed by atoms with E-state index in [9.17, 15) is 0 Å². The van der Waals surface area contributed by atoms with Gasteiger partial charge in [-0.1, -0.05) is 6.92 Å². The lowest BCUT2D eigenvalue weighted by Gasteiger charge is -2.40. The van der Waals surface area contributed by atoms with E-state index in [-0.39, 0.29) is 0 Å². The molecular weight excluding hydrogens is 164 g/mol. The molecule has 1 fully saturated rings. The van der Waals surface area contributed by atoms with Gasteiger partial charge in [0.2, 0.25) is 0 Å². The number of allylic oxidation sites excluding steroid dienone is 2. The minimum absolute atomic E-state index is 0.337. The van der Waals surface area contributed by atoms with Crippen molar-refractivity contribution < 1.29 is 9.47 Å². The van der Waals surface area contributed by atoms with Crippen molar-refractivity contribution in [2.45, 2.75) is 32.6 Å². The first kappa shape index (κ1) is 9.07. The lowest BCUT2D eigenvalue weighted by atomic mass is 9.84. The molecule has 2 aliphatic rings. The molecule has 0 bridgehead atoms. The van der Waals surface area contributed by atoms with Crippen molar-refractivity contribution >= 4 is 0 Å². The van der Waals surface area contributed by atoms with E-state index >= 15 is 0 Å². The molecule has 2 heteroatoms. The normalized spacial score (nSPS) is 25.2. The van der Waals surface area contributed by atoms with Crippen molar-refractivity contribution in [3.05, 3.63) is 11.8 Å². The lowest BCUT2D eigenvalue weighted by molar-refractivity contribution is -0.142. The van der Waals surface area contributed by atoms with E-state index in [2.05, 4.69) is 13.0 Å². The number of ether oxygens (including phenoxy) is 2. The van der Waals surface area contributed by atoms with Gasteiger partial charge in [-0.05, 0) is 25.3 Å². The van der Waals surface area contributed by atoms with E-state index in [0.29, 0.717) is 5.41 Å². The number of hydrogen-bond donors (Lipinski definition) is 0. The fraction of sp³-hybridized carbons (Fsp3) is 0.818. The zero-order valence-corrected chi connectivity index (χ0v) is 8.34. The first-order valence-corrected chi connectivity index (χ1v) is 5.24. The number of rotatable bonds is 4. The molecule has 2 rings (SSSR count). The van der Waals surface area contributed by atoms with Crippen LogP contribution in [0.2, 0.25) is 0 Å². The molecule has 0 amide bonds. The van der Waals surface area contributed by atoms with Crippen LogP contribution in [-0.4, -0.2) is 19.8 Å². The molecule has 0 aromatic carbocycles. The maximum Gasteiger partial charge on any atom is 0.0977 e. The highest BCUT2D eigenvalue weighted by molar-refractivity contribution is 5.00. The topological polar surface area (TPSA) is 18.5 Å². The molecule has 0 aromatic heterocycles. The van der Waals surface area contributed by atoms with Crippen LogP contribution in [0.15, 0.2) is 11.8 Å². The van der Waals surface area contributed by atoms with Crippen LogP contribution in [0.1, 0.15) is 32.6 Å². The van der Waals surface area contributed by atoms with E-state index in [1.807, 2.05) is 0 Å². The molecule has 1 aliphatic carbocycles. The first-order chi connectivity index (χ1) is 6.35. The summed E-state index contributed by atoms with van der Waals surface area (Å²) in [6.45, 7) is 4.85. The maximum atomic E-state index is 5.78. The van der Waals surface area contributed by atoms with Gasteiger partial charge < -0.3 is 9.47 Å². The Morgan fingerprint density at radius 3 is 2.85 bits per heavy atom. The number of hydrogen-bond acceptors (Lipinski definition) is 2. The van der Waals surface area contributed by atoms with Crippen molar-refractivity contribution in [3.63, 3.8) is 0 Å². The minimum Gasteiger partial charge on any atom is -0.498 e. The third kappa shape index (κ3) is 1.88. The van der Waals surface area contributed by atoms with E-state index in [1.54, 1.807) is 0 Å². The Hall–Kier alpha value is -0.500. The summed E-state index contributed by atoms with van der Waals surface area (Å²) in [7, 11) is 0. The molecule has 0 atom stereocenters. The van der Waals surface area contributed by atoms with Gasteiger partial charge in [0.15, 0.2) is 0 Å². The Morgan fingerprint density at radius 1 is 1.54 bits per heavy atom. The van der Waals surface area contributed by atoms with Crippen LogP contribution in [0.4, 0.5) is 0 Å². The van der Waals surface area contributed by atoms with Crippen LogP contribution in [0.3, 0.4) is 0 Å². The molecule has 0 unspecified atom stereocenters. The van der Waals surface area contributed by atoms with Gasteiger partial charge in [0.1, 0.15) is 0 Å². The van der Waals surface area contributed by atoms with Gasteiger partial charge in [0, 0.05) is 6.42 Å². The predicted octanol–water partition coefficient (Wildman–Crippen LogP) is 2.50. The van der Waals surface area contributed by atoms with Crippen molar-refractivity contribution in [1.82, 2.24) is 0 Å². The van der Waals surface area contributed by atoms with Crippen LogP contribution in [0, 0.1) is 5.41 Å². The summed E-state index contributed by atoms with van der Waals surface area (Å²) >= 11 is 0. The Morgan fingerprint density at radius 2 is 2.38 bits per heavy atom. The van der Waals surface area contributed by atoms with Crippen LogP contribution in [0.5, 0.6) is 0 Å². The highest BCUT2D eigenvalue weighted by Crippen LogP contribution is 2.33. The quantitative estimate of drug-likeness (QED) is 0.665. The van der Waals surface area contributed by atoms with Crippen LogP contribution in [-0.2, 0) is 9.47 Å². The van der Waals surface area contributed by atoms with Gasteiger partial charge in [-0.2, -0.15) is 0 Å². The molecular formula is C11H18O2. The standard InChI is InChI=1S/C11H18O2/c1-2-11(7-12-8-11)9-13-10-5-3-4-6-10/h5H,2-4,6-9H2,1H3. The van der Waals surface area contributed by atoms with Gasteiger partial charge in [-0.3, -0.25) is 0 Å². The van der Waals surface area contributed by atoms with E-state index in [0.717, 1.165) is 26.2 Å². The van der Waals surface area contributed by atoms with Crippen LogP contribution < -0.4 is 0 Å².